The van der Waals surface area contributed by atoms with Crippen LogP contribution in [0.15, 0.2) is 48.2 Å². The average molecular weight is 325 g/mol. The van der Waals surface area contributed by atoms with Crippen molar-refractivity contribution < 1.29 is 19.1 Å². The van der Waals surface area contributed by atoms with E-state index in [-0.39, 0.29) is 5.57 Å². The number of methoxy groups -OCH3 is 1. The Morgan fingerprint density at radius 1 is 1.12 bits per heavy atom. The van der Waals surface area contributed by atoms with E-state index in [1.54, 1.807) is 54.2 Å². The van der Waals surface area contributed by atoms with E-state index < -0.39 is 17.8 Å². The monoisotopic (exact) mass is 325 g/mol. The number of imide groups is 2. The molecule has 1 aromatic heterocycles. The van der Waals surface area contributed by atoms with Gasteiger partial charge in [-0.25, -0.2) is 9.69 Å². The number of benzene rings is 1. The molecule has 1 aromatic carbocycles. The molecule has 0 aliphatic carbocycles. The van der Waals surface area contributed by atoms with Crippen molar-refractivity contribution in [1.29, 1.82) is 0 Å². The van der Waals surface area contributed by atoms with E-state index in [2.05, 4.69) is 5.32 Å². The summed E-state index contributed by atoms with van der Waals surface area (Å²) in [6.07, 6.45) is 3.25. The lowest BCUT2D eigenvalue weighted by atomic mass is 10.1. The highest BCUT2D eigenvalue weighted by Gasteiger charge is 2.37. The number of carbonyl (C=O) groups excluding carboxylic acids is 3. The van der Waals surface area contributed by atoms with Crippen LogP contribution < -0.4 is 15.0 Å². The van der Waals surface area contributed by atoms with Crippen molar-refractivity contribution in [2.75, 3.05) is 12.0 Å². The van der Waals surface area contributed by atoms with Gasteiger partial charge >= 0.3 is 6.03 Å². The first-order valence-electron chi connectivity index (χ1n) is 7.18. The van der Waals surface area contributed by atoms with Crippen LogP contribution in [-0.4, -0.2) is 29.5 Å². The van der Waals surface area contributed by atoms with Gasteiger partial charge in [-0.15, -0.1) is 0 Å². The molecule has 7 heteroatoms. The number of urea groups is 1. The molecule has 0 unspecified atom stereocenters. The number of rotatable bonds is 3. The Labute approximate surface area is 138 Å². The Kier molecular flexibility index (Phi) is 3.91. The summed E-state index contributed by atoms with van der Waals surface area (Å²) in [6.45, 7) is 0. The molecule has 1 aliphatic heterocycles. The molecular weight excluding hydrogens is 310 g/mol. The summed E-state index contributed by atoms with van der Waals surface area (Å²) < 4.78 is 6.87. The fourth-order valence-corrected chi connectivity index (χ4v) is 2.41. The van der Waals surface area contributed by atoms with Crippen molar-refractivity contribution in [3.8, 4) is 5.75 Å². The second-order valence-corrected chi connectivity index (χ2v) is 5.20. The Balaban J connectivity index is 2.03. The predicted octanol–water partition coefficient (Wildman–Crippen LogP) is 1.70. The highest BCUT2D eigenvalue weighted by molar-refractivity contribution is 6.39. The van der Waals surface area contributed by atoms with Gasteiger partial charge in [0.15, 0.2) is 0 Å². The van der Waals surface area contributed by atoms with Gasteiger partial charge < -0.3 is 9.30 Å². The van der Waals surface area contributed by atoms with E-state index >= 15 is 0 Å². The Hall–Kier alpha value is -3.35. The minimum absolute atomic E-state index is 0.112. The second kappa shape index (κ2) is 6.04. The minimum Gasteiger partial charge on any atom is -0.497 e. The van der Waals surface area contributed by atoms with Crippen molar-refractivity contribution in [2.45, 2.75) is 0 Å². The largest absolute Gasteiger partial charge is 0.497 e. The molecule has 24 heavy (non-hydrogen) atoms. The number of hydrogen-bond donors (Lipinski definition) is 1. The van der Waals surface area contributed by atoms with Gasteiger partial charge in [-0.05, 0) is 30.3 Å². The van der Waals surface area contributed by atoms with Crippen LogP contribution in [0.2, 0.25) is 0 Å². The van der Waals surface area contributed by atoms with Gasteiger partial charge in [0, 0.05) is 25.0 Å². The highest BCUT2D eigenvalue weighted by Crippen LogP contribution is 2.25. The van der Waals surface area contributed by atoms with E-state index in [0.717, 1.165) is 4.90 Å². The zero-order valence-corrected chi connectivity index (χ0v) is 13.1. The van der Waals surface area contributed by atoms with Crippen LogP contribution >= 0.6 is 0 Å². The molecule has 1 saturated heterocycles. The summed E-state index contributed by atoms with van der Waals surface area (Å²) >= 11 is 0. The maximum Gasteiger partial charge on any atom is 0.335 e. The molecule has 3 rings (SSSR count). The maximum absolute atomic E-state index is 12.7. The molecule has 0 radical (unpaired) electrons. The van der Waals surface area contributed by atoms with Crippen LogP contribution in [0, 0.1) is 0 Å². The normalized spacial score (nSPS) is 16.5. The van der Waals surface area contributed by atoms with Crippen LogP contribution in [-0.2, 0) is 16.6 Å². The summed E-state index contributed by atoms with van der Waals surface area (Å²) in [4.78, 5) is 37.8. The van der Waals surface area contributed by atoms with E-state index in [4.69, 9.17) is 4.74 Å². The lowest BCUT2D eigenvalue weighted by Crippen LogP contribution is -2.54. The fourth-order valence-electron chi connectivity index (χ4n) is 2.41. The minimum atomic E-state index is -0.790. The molecule has 122 valence electrons. The number of anilines is 1. The third kappa shape index (κ3) is 2.67. The predicted molar refractivity (Wildman–Crippen MR) is 87.4 cm³/mol. The number of aromatic nitrogens is 1. The third-order valence-electron chi connectivity index (χ3n) is 3.69. The van der Waals surface area contributed by atoms with Gasteiger partial charge in [-0.2, -0.15) is 0 Å². The number of nitrogens with one attached hydrogen (secondary N) is 1. The molecule has 1 aliphatic rings. The number of ether oxygens (including phenoxy) is 1. The second-order valence-electron chi connectivity index (χ2n) is 5.20. The van der Waals surface area contributed by atoms with E-state index in [9.17, 15) is 14.4 Å². The Bertz CT molecular complexity index is 866. The SMILES string of the molecule is COc1cccc(N2C(=O)NC(=O)C(=Cc3cccn3C)C2=O)c1. The topological polar surface area (TPSA) is 80.6 Å². The van der Waals surface area contributed by atoms with Gasteiger partial charge in [-0.1, -0.05) is 6.07 Å². The van der Waals surface area contributed by atoms with Crippen LogP contribution in [0.3, 0.4) is 0 Å². The quantitative estimate of drug-likeness (QED) is 0.688. The van der Waals surface area contributed by atoms with Crippen molar-refractivity contribution in [1.82, 2.24) is 9.88 Å². The van der Waals surface area contributed by atoms with Gasteiger partial charge in [0.05, 0.1) is 12.8 Å². The van der Waals surface area contributed by atoms with E-state index in [0.29, 0.717) is 17.1 Å². The number of carbonyl (C=O) groups is 3. The van der Waals surface area contributed by atoms with Gasteiger partial charge in [0.25, 0.3) is 11.8 Å². The van der Waals surface area contributed by atoms with Crippen LogP contribution in [0.5, 0.6) is 5.75 Å². The number of hydrogen-bond acceptors (Lipinski definition) is 4. The maximum atomic E-state index is 12.7. The van der Waals surface area contributed by atoms with E-state index in [1.807, 2.05) is 0 Å². The third-order valence-corrected chi connectivity index (χ3v) is 3.69. The van der Waals surface area contributed by atoms with Crippen molar-refractivity contribution in [3.05, 3.63) is 53.9 Å². The van der Waals surface area contributed by atoms with Crippen LogP contribution in [0.4, 0.5) is 10.5 Å². The number of aryl methyl sites for hydroxylation is 1. The number of amides is 4. The zero-order chi connectivity index (χ0) is 17.3. The van der Waals surface area contributed by atoms with Gasteiger partial charge in [0.2, 0.25) is 0 Å². The van der Waals surface area contributed by atoms with Gasteiger partial charge in [-0.3, -0.25) is 14.9 Å². The van der Waals surface area contributed by atoms with E-state index in [1.165, 1.54) is 13.2 Å². The average Bonchev–Trinajstić information content (AvgIpc) is 2.96. The van der Waals surface area contributed by atoms with Crippen molar-refractivity contribution >= 4 is 29.6 Å². The molecular formula is C17H15N3O4. The molecule has 1 N–H and O–H groups in total. The fraction of sp³-hybridized carbons (Fsp3) is 0.118. The molecule has 0 bridgehead atoms. The lowest BCUT2D eigenvalue weighted by molar-refractivity contribution is -0.122. The standard InChI is InChI=1S/C17H15N3O4/c1-19-8-4-6-11(19)10-14-15(21)18-17(23)20(16(14)22)12-5-3-7-13(9-12)24-2/h3-10H,1-2H3,(H,18,21,23). The Morgan fingerprint density at radius 3 is 2.58 bits per heavy atom. The first kappa shape index (κ1) is 15.5. The van der Waals surface area contributed by atoms with Gasteiger partial charge in [0.1, 0.15) is 11.3 Å². The smallest absolute Gasteiger partial charge is 0.335 e. The number of nitrogens with zero attached hydrogens (tertiary/aromatic N) is 2. The van der Waals surface area contributed by atoms with Crippen molar-refractivity contribution in [3.63, 3.8) is 0 Å². The first-order chi connectivity index (χ1) is 11.5. The highest BCUT2D eigenvalue weighted by atomic mass is 16.5. The molecule has 2 heterocycles. The summed E-state index contributed by atoms with van der Waals surface area (Å²) in [5, 5.41) is 2.19. The summed E-state index contributed by atoms with van der Waals surface area (Å²) in [7, 11) is 3.28. The Morgan fingerprint density at radius 2 is 1.92 bits per heavy atom. The molecule has 1 fully saturated rings. The van der Waals surface area contributed by atoms with Crippen LogP contribution in [0.25, 0.3) is 6.08 Å². The van der Waals surface area contributed by atoms with Crippen LogP contribution in [0.1, 0.15) is 5.69 Å². The summed E-state index contributed by atoms with van der Waals surface area (Å²) in [6, 6.07) is 9.27. The molecule has 0 saturated carbocycles. The summed E-state index contributed by atoms with van der Waals surface area (Å²) in [5.74, 6) is -0.901. The molecule has 0 spiro atoms. The molecule has 0 atom stereocenters. The summed E-state index contributed by atoms with van der Waals surface area (Å²) in [5.41, 5.74) is 0.884. The molecule has 2 aromatic rings. The lowest BCUT2D eigenvalue weighted by Gasteiger charge is -2.26. The van der Waals surface area contributed by atoms with Crippen molar-refractivity contribution in [2.24, 2.45) is 7.05 Å². The number of barbiturate groups is 1. The zero-order valence-electron chi connectivity index (χ0n) is 13.1. The molecule has 7 nitrogen and oxygen atoms in total. The first-order valence-corrected chi connectivity index (χ1v) is 7.18. The molecule has 4 amide bonds.